The van der Waals surface area contributed by atoms with Gasteiger partial charge < -0.3 is 10.0 Å². The van der Waals surface area contributed by atoms with Gasteiger partial charge in [0.15, 0.2) is 0 Å². The summed E-state index contributed by atoms with van der Waals surface area (Å²) in [5.41, 5.74) is 1.14. The minimum atomic E-state index is -0.872. The molecule has 1 aromatic rings. The predicted molar refractivity (Wildman–Crippen MR) is 87.8 cm³/mol. The predicted octanol–water partition coefficient (Wildman–Crippen LogP) is 3.46. The van der Waals surface area contributed by atoms with Gasteiger partial charge >= 0.3 is 5.97 Å². The maximum absolute atomic E-state index is 12.4. The third-order valence-electron chi connectivity index (χ3n) is 4.03. The van der Waals surface area contributed by atoms with E-state index >= 15 is 0 Å². The van der Waals surface area contributed by atoms with Gasteiger partial charge in [0.05, 0.1) is 6.42 Å². The van der Waals surface area contributed by atoms with Crippen molar-refractivity contribution in [1.82, 2.24) is 4.90 Å². The Morgan fingerprint density at radius 2 is 1.73 bits per heavy atom. The van der Waals surface area contributed by atoms with E-state index in [0.29, 0.717) is 6.42 Å². The van der Waals surface area contributed by atoms with Crippen LogP contribution in [-0.4, -0.2) is 34.5 Å². The van der Waals surface area contributed by atoms with E-state index in [0.717, 1.165) is 6.42 Å². The van der Waals surface area contributed by atoms with Crippen LogP contribution in [0, 0.1) is 0 Å². The molecule has 0 heterocycles. The van der Waals surface area contributed by atoms with Gasteiger partial charge in [-0.15, -0.1) is 0 Å². The fraction of sp³-hybridized carbons (Fsp3) is 0.556. The van der Waals surface area contributed by atoms with Crippen LogP contribution in [-0.2, 0) is 15.0 Å². The van der Waals surface area contributed by atoms with Crippen molar-refractivity contribution in [1.29, 1.82) is 0 Å². The van der Waals surface area contributed by atoms with Crippen molar-refractivity contribution in [3.8, 4) is 0 Å². The standard InChI is InChI=1S/C18H27NO3/c1-14(2)19(13-11-17(21)22)16(20)10-12-18(3,4)15-8-6-5-7-9-15/h5-9,14H,10-13H2,1-4H3,(H,21,22). The lowest BCUT2D eigenvalue weighted by atomic mass is 9.80. The van der Waals surface area contributed by atoms with Gasteiger partial charge in [-0.05, 0) is 31.2 Å². The number of hydrogen-bond acceptors (Lipinski definition) is 2. The van der Waals surface area contributed by atoms with Crippen LogP contribution in [0.1, 0.15) is 52.5 Å². The van der Waals surface area contributed by atoms with Crippen LogP contribution in [0.25, 0.3) is 0 Å². The Hall–Kier alpha value is -1.84. The summed E-state index contributed by atoms with van der Waals surface area (Å²) < 4.78 is 0. The van der Waals surface area contributed by atoms with Crippen LogP contribution in [0.2, 0.25) is 0 Å². The average molecular weight is 305 g/mol. The number of benzene rings is 1. The summed E-state index contributed by atoms with van der Waals surface area (Å²) in [6.07, 6.45) is 1.16. The van der Waals surface area contributed by atoms with E-state index in [9.17, 15) is 9.59 Å². The average Bonchev–Trinajstić information content (AvgIpc) is 2.45. The van der Waals surface area contributed by atoms with Crippen LogP contribution in [0.5, 0.6) is 0 Å². The van der Waals surface area contributed by atoms with Crippen molar-refractivity contribution in [3.63, 3.8) is 0 Å². The van der Waals surface area contributed by atoms with Crippen molar-refractivity contribution in [2.75, 3.05) is 6.54 Å². The fourth-order valence-electron chi connectivity index (χ4n) is 2.48. The first kappa shape index (κ1) is 18.2. The molecule has 0 bridgehead atoms. The van der Waals surface area contributed by atoms with Gasteiger partial charge in [0.1, 0.15) is 0 Å². The van der Waals surface area contributed by atoms with Gasteiger partial charge in [-0.2, -0.15) is 0 Å². The van der Waals surface area contributed by atoms with E-state index in [4.69, 9.17) is 5.11 Å². The summed E-state index contributed by atoms with van der Waals surface area (Å²) in [4.78, 5) is 24.8. The van der Waals surface area contributed by atoms with Crippen molar-refractivity contribution >= 4 is 11.9 Å². The first-order valence-corrected chi connectivity index (χ1v) is 7.81. The lowest BCUT2D eigenvalue weighted by Crippen LogP contribution is -2.39. The van der Waals surface area contributed by atoms with Crippen molar-refractivity contribution in [3.05, 3.63) is 35.9 Å². The Bertz CT molecular complexity index is 494. The highest BCUT2D eigenvalue weighted by molar-refractivity contribution is 5.77. The summed E-state index contributed by atoms with van der Waals surface area (Å²) in [6.45, 7) is 8.38. The highest BCUT2D eigenvalue weighted by atomic mass is 16.4. The second-order valence-corrected chi connectivity index (χ2v) is 6.57. The second kappa shape index (κ2) is 7.97. The first-order valence-electron chi connectivity index (χ1n) is 7.81. The van der Waals surface area contributed by atoms with Gasteiger partial charge in [0.25, 0.3) is 0 Å². The lowest BCUT2D eigenvalue weighted by Gasteiger charge is -2.29. The molecule has 0 aromatic heterocycles. The van der Waals surface area contributed by atoms with Crippen LogP contribution in [0.15, 0.2) is 30.3 Å². The summed E-state index contributed by atoms with van der Waals surface area (Å²) in [5, 5.41) is 8.80. The van der Waals surface area contributed by atoms with Crippen LogP contribution >= 0.6 is 0 Å². The van der Waals surface area contributed by atoms with Crippen molar-refractivity contribution in [2.24, 2.45) is 0 Å². The Kier molecular flexibility index (Phi) is 6.60. The van der Waals surface area contributed by atoms with E-state index in [1.165, 1.54) is 5.56 Å². The van der Waals surface area contributed by atoms with E-state index in [1.807, 2.05) is 32.0 Å². The first-order chi connectivity index (χ1) is 10.2. The molecule has 0 fully saturated rings. The molecule has 1 amide bonds. The molecule has 0 saturated heterocycles. The van der Waals surface area contributed by atoms with E-state index < -0.39 is 5.97 Å². The number of carbonyl (C=O) groups is 2. The third kappa shape index (κ3) is 5.51. The second-order valence-electron chi connectivity index (χ2n) is 6.57. The van der Waals surface area contributed by atoms with E-state index in [-0.39, 0.29) is 30.3 Å². The molecule has 0 aliphatic heterocycles. The van der Waals surface area contributed by atoms with Crippen LogP contribution in [0.3, 0.4) is 0 Å². The Labute approximate surface area is 133 Å². The normalized spacial score (nSPS) is 11.5. The highest BCUT2D eigenvalue weighted by Crippen LogP contribution is 2.28. The summed E-state index contributed by atoms with van der Waals surface area (Å²) in [6, 6.07) is 10.2. The SMILES string of the molecule is CC(C)N(CCC(=O)O)C(=O)CCC(C)(C)c1ccccc1. The number of aliphatic carboxylic acids is 1. The van der Waals surface area contributed by atoms with Gasteiger partial charge in [0, 0.05) is 19.0 Å². The zero-order valence-electron chi connectivity index (χ0n) is 14.0. The highest BCUT2D eigenvalue weighted by Gasteiger charge is 2.24. The maximum atomic E-state index is 12.4. The fourth-order valence-corrected chi connectivity index (χ4v) is 2.48. The van der Waals surface area contributed by atoms with Crippen molar-refractivity contribution < 1.29 is 14.7 Å². The molecule has 1 rings (SSSR count). The number of carboxylic acid groups (broad SMARTS) is 1. The van der Waals surface area contributed by atoms with Crippen LogP contribution < -0.4 is 0 Å². The molecule has 0 unspecified atom stereocenters. The Balaban J connectivity index is 2.64. The van der Waals surface area contributed by atoms with Gasteiger partial charge in [0.2, 0.25) is 5.91 Å². The van der Waals surface area contributed by atoms with E-state index in [1.54, 1.807) is 4.90 Å². The largest absolute Gasteiger partial charge is 0.481 e. The maximum Gasteiger partial charge on any atom is 0.305 e. The van der Waals surface area contributed by atoms with Crippen LogP contribution in [0.4, 0.5) is 0 Å². The molecule has 0 aliphatic rings. The van der Waals surface area contributed by atoms with Gasteiger partial charge in [-0.3, -0.25) is 9.59 Å². The molecule has 122 valence electrons. The zero-order valence-corrected chi connectivity index (χ0v) is 14.0. The molecule has 0 aliphatic carbocycles. The minimum absolute atomic E-state index is 0.00794. The number of amides is 1. The molecule has 0 radical (unpaired) electrons. The number of nitrogens with zero attached hydrogens (tertiary/aromatic N) is 1. The molecule has 0 saturated carbocycles. The number of carboxylic acids is 1. The molecule has 4 heteroatoms. The summed E-state index contributed by atoms with van der Waals surface area (Å²) in [7, 11) is 0. The van der Waals surface area contributed by atoms with Crippen molar-refractivity contribution in [2.45, 2.75) is 58.4 Å². The van der Waals surface area contributed by atoms with E-state index in [2.05, 4.69) is 26.0 Å². The van der Waals surface area contributed by atoms with Gasteiger partial charge in [-0.1, -0.05) is 44.2 Å². The molecule has 0 spiro atoms. The Morgan fingerprint density at radius 3 is 2.23 bits per heavy atom. The molecule has 1 aromatic carbocycles. The molecular weight excluding hydrogens is 278 g/mol. The molecule has 0 atom stereocenters. The topological polar surface area (TPSA) is 57.6 Å². The lowest BCUT2D eigenvalue weighted by molar-refractivity contribution is -0.139. The van der Waals surface area contributed by atoms with Gasteiger partial charge in [-0.25, -0.2) is 0 Å². The number of hydrogen-bond donors (Lipinski definition) is 1. The minimum Gasteiger partial charge on any atom is -0.481 e. The smallest absolute Gasteiger partial charge is 0.305 e. The summed E-state index contributed by atoms with van der Waals surface area (Å²) >= 11 is 0. The molecule has 22 heavy (non-hydrogen) atoms. The molecule has 1 N–H and O–H groups in total. The number of carbonyl (C=O) groups excluding carboxylic acids is 1. The zero-order chi connectivity index (χ0) is 16.8. The monoisotopic (exact) mass is 305 g/mol. The summed E-state index contributed by atoms with van der Waals surface area (Å²) in [5.74, 6) is -0.844. The number of rotatable bonds is 8. The quantitative estimate of drug-likeness (QED) is 0.800. The molecular formula is C18H27NO3. The molecule has 4 nitrogen and oxygen atoms in total. The third-order valence-corrected chi connectivity index (χ3v) is 4.03. The Morgan fingerprint density at radius 1 is 1.14 bits per heavy atom.